The first kappa shape index (κ1) is 13.3. The van der Waals surface area contributed by atoms with Crippen LogP contribution >= 0.6 is 11.6 Å². The van der Waals surface area contributed by atoms with Gasteiger partial charge in [0.1, 0.15) is 10.8 Å². The van der Waals surface area contributed by atoms with E-state index >= 15 is 0 Å². The van der Waals surface area contributed by atoms with Crippen LogP contribution in [0.15, 0.2) is 48.7 Å². The lowest BCUT2D eigenvalue weighted by Gasteiger charge is -2.05. The smallest absolute Gasteiger partial charge is 0.269 e. The van der Waals surface area contributed by atoms with E-state index in [1.807, 2.05) is 30.3 Å². The number of nitrogens with zero attached hydrogens (tertiary/aromatic N) is 4. The Labute approximate surface area is 125 Å². The highest BCUT2D eigenvalue weighted by Gasteiger charge is 2.10. The summed E-state index contributed by atoms with van der Waals surface area (Å²) in [5, 5.41) is 4.34. The number of benzene rings is 1. The zero-order valence-electron chi connectivity index (χ0n) is 10.8. The lowest BCUT2D eigenvalue weighted by atomic mass is 10.2. The van der Waals surface area contributed by atoms with Crippen LogP contribution in [0.3, 0.4) is 0 Å². The molecule has 0 aliphatic carbocycles. The largest absolute Gasteiger partial charge is 0.364 e. The predicted octanol–water partition coefficient (Wildman–Crippen LogP) is 2.08. The van der Waals surface area contributed by atoms with E-state index in [1.54, 1.807) is 12.3 Å². The molecule has 0 bridgehead atoms. The number of rotatable bonds is 3. The Bertz CT molecular complexity index is 800. The SMILES string of the molecule is NC(=O)c1ccn(-c2cc(Cl)nc(-c3ccccc3)n2)n1. The summed E-state index contributed by atoms with van der Waals surface area (Å²) in [5.41, 5.74) is 6.18. The second kappa shape index (κ2) is 5.34. The molecule has 0 saturated heterocycles. The number of hydrogen-bond donors (Lipinski definition) is 1. The maximum atomic E-state index is 11.1. The van der Waals surface area contributed by atoms with E-state index in [0.29, 0.717) is 11.6 Å². The molecule has 2 N–H and O–H groups in total. The quantitative estimate of drug-likeness (QED) is 0.750. The van der Waals surface area contributed by atoms with Crippen molar-refractivity contribution >= 4 is 17.5 Å². The fraction of sp³-hybridized carbons (Fsp3) is 0. The number of nitrogens with two attached hydrogens (primary N) is 1. The molecule has 0 atom stereocenters. The van der Waals surface area contributed by atoms with Crippen LogP contribution in [0.2, 0.25) is 5.15 Å². The number of amides is 1. The van der Waals surface area contributed by atoms with Crippen LogP contribution in [0, 0.1) is 0 Å². The second-order valence-electron chi connectivity index (χ2n) is 4.25. The number of halogens is 1. The maximum Gasteiger partial charge on any atom is 0.269 e. The Morgan fingerprint density at radius 3 is 2.57 bits per heavy atom. The molecule has 1 amide bonds. The fourth-order valence-electron chi connectivity index (χ4n) is 1.82. The third kappa shape index (κ3) is 2.75. The standard InChI is InChI=1S/C14H10ClN5O/c15-11-8-12(20-7-6-10(19-20)13(16)21)18-14(17-11)9-4-2-1-3-5-9/h1-8H,(H2,16,21). The Morgan fingerprint density at radius 2 is 1.90 bits per heavy atom. The molecule has 0 spiro atoms. The van der Waals surface area contributed by atoms with Crippen molar-refractivity contribution in [1.82, 2.24) is 19.7 Å². The van der Waals surface area contributed by atoms with Crippen molar-refractivity contribution in [2.45, 2.75) is 0 Å². The molecule has 1 aromatic carbocycles. The molecule has 6 nitrogen and oxygen atoms in total. The van der Waals surface area contributed by atoms with Crippen molar-refractivity contribution in [2.24, 2.45) is 5.73 Å². The van der Waals surface area contributed by atoms with E-state index in [2.05, 4.69) is 15.1 Å². The molecule has 104 valence electrons. The molecular formula is C14H10ClN5O. The Hall–Kier alpha value is -2.73. The molecular weight excluding hydrogens is 290 g/mol. The average Bonchev–Trinajstić information content (AvgIpc) is 2.98. The van der Waals surface area contributed by atoms with Gasteiger partial charge in [-0.3, -0.25) is 4.79 Å². The molecule has 0 saturated carbocycles. The Morgan fingerprint density at radius 1 is 1.14 bits per heavy atom. The molecule has 3 rings (SSSR count). The van der Waals surface area contributed by atoms with Crippen molar-refractivity contribution in [3.05, 3.63) is 59.5 Å². The first-order chi connectivity index (χ1) is 10.1. The minimum absolute atomic E-state index is 0.158. The molecule has 2 aromatic heterocycles. The van der Waals surface area contributed by atoms with E-state index in [4.69, 9.17) is 17.3 Å². The van der Waals surface area contributed by atoms with Gasteiger partial charge in [0.05, 0.1) is 0 Å². The first-order valence-electron chi connectivity index (χ1n) is 6.09. The molecule has 7 heteroatoms. The third-order valence-electron chi connectivity index (χ3n) is 2.79. The van der Waals surface area contributed by atoms with Crippen LogP contribution in [0.25, 0.3) is 17.2 Å². The molecule has 0 aliphatic rings. The van der Waals surface area contributed by atoms with Crippen LogP contribution in [0.1, 0.15) is 10.5 Å². The lowest BCUT2D eigenvalue weighted by Crippen LogP contribution is -2.12. The van der Waals surface area contributed by atoms with Crippen molar-refractivity contribution < 1.29 is 4.79 Å². The van der Waals surface area contributed by atoms with Crippen LogP contribution < -0.4 is 5.73 Å². The highest BCUT2D eigenvalue weighted by Crippen LogP contribution is 2.19. The van der Waals surface area contributed by atoms with Crippen molar-refractivity contribution in [2.75, 3.05) is 0 Å². The highest BCUT2D eigenvalue weighted by atomic mass is 35.5. The van der Waals surface area contributed by atoms with Gasteiger partial charge in [0.25, 0.3) is 5.91 Å². The van der Waals surface area contributed by atoms with E-state index in [1.165, 1.54) is 10.7 Å². The monoisotopic (exact) mass is 299 g/mol. The zero-order chi connectivity index (χ0) is 14.8. The summed E-state index contributed by atoms with van der Waals surface area (Å²) in [6, 6.07) is 12.5. The number of carbonyl (C=O) groups is 1. The molecule has 0 fully saturated rings. The van der Waals surface area contributed by atoms with Gasteiger partial charge in [0, 0.05) is 17.8 Å². The van der Waals surface area contributed by atoms with Gasteiger partial charge >= 0.3 is 0 Å². The Kier molecular flexibility index (Phi) is 3.37. The molecule has 0 aliphatic heterocycles. The van der Waals surface area contributed by atoms with Crippen LogP contribution in [0.4, 0.5) is 0 Å². The predicted molar refractivity (Wildman–Crippen MR) is 78.1 cm³/mol. The normalized spacial score (nSPS) is 10.5. The van der Waals surface area contributed by atoms with Gasteiger partial charge < -0.3 is 5.73 Å². The first-order valence-corrected chi connectivity index (χ1v) is 6.47. The summed E-state index contributed by atoms with van der Waals surface area (Å²) >= 11 is 6.04. The maximum absolute atomic E-state index is 11.1. The number of hydrogen-bond acceptors (Lipinski definition) is 4. The molecule has 3 aromatic rings. The van der Waals surface area contributed by atoms with Gasteiger partial charge in [-0.15, -0.1) is 0 Å². The van der Waals surface area contributed by atoms with Crippen molar-refractivity contribution in [3.8, 4) is 17.2 Å². The van der Waals surface area contributed by atoms with Crippen LogP contribution in [-0.2, 0) is 0 Å². The number of aromatic nitrogens is 4. The summed E-state index contributed by atoms with van der Waals surface area (Å²) < 4.78 is 1.43. The van der Waals surface area contributed by atoms with Gasteiger partial charge in [-0.05, 0) is 6.07 Å². The summed E-state index contributed by atoms with van der Waals surface area (Å²) in [5.74, 6) is 0.341. The fourth-order valence-corrected chi connectivity index (χ4v) is 2.00. The molecule has 2 heterocycles. The van der Waals surface area contributed by atoms with E-state index in [-0.39, 0.29) is 10.8 Å². The molecule has 0 radical (unpaired) electrons. The van der Waals surface area contributed by atoms with Crippen molar-refractivity contribution in [1.29, 1.82) is 0 Å². The van der Waals surface area contributed by atoms with E-state index in [0.717, 1.165) is 5.56 Å². The lowest BCUT2D eigenvalue weighted by molar-refractivity contribution is 0.0995. The van der Waals surface area contributed by atoms with Crippen molar-refractivity contribution in [3.63, 3.8) is 0 Å². The van der Waals surface area contributed by atoms with E-state index < -0.39 is 5.91 Å². The summed E-state index contributed by atoms with van der Waals surface area (Å²) in [4.78, 5) is 19.7. The highest BCUT2D eigenvalue weighted by molar-refractivity contribution is 6.29. The summed E-state index contributed by atoms with van der Waals surface area (Å²) in [6.45, 7) is 0. The third-order valence-corrected chi connectivity index (χ3v) is 2.98. The summed E-state index contributed by atoms with van der Waals surface area (Å²) in [6.07, 6.45) is 1.59. The Balaban J connectivity index is 2.07. The van der Waals surface area contributed by atoms with Gasteiger partial charge in [-0.2, -0.15) is 5.10 Å². The van der Waals surface area contributed by atoms with Gasteiger partial charge in [-0.25, -0.2) is 14.6 Å². The van der Waals surface area contributed by atoms with E-state index in [9.17, 15) is 4.79 Å². The van der Waals surface area contributed by atoms with Gasteiger partial charge in [0.2, 0.25) is 0 Å². The average molecular weight is 300 g/mol. The molecule has 21 heavy (non-hydrogen) atoms. The zero-order valence-corrected chi connectivity index (χ0v) is 11.5. The minimum Gasteiger partial charge on any atom is -0.364 e. The van der Waals surface area contributed by atoms with Crippen LogP contribution in [-0.4, -0.2) is 25.7 Å². The second-order valence-corrected chi connectivity index (χ2v) is 4.64. The van der Waals surface area contributed by atoms with Crippen LogP contribution in [0.5, 0.6) is 0 Å². The molecule has 0 unspecified atom stereocenters. The summed E-state index contributed by atoms with van der Waals surface area (Å²) in [7, 11) is 0. The minimum atomic E-state index is -0.600. The number of primary amides is 1. The van der Waals surface area contributed by atoms with Gasteiger partial charge in [0.15, 0.2) is 11.6 Å². The number of carbonyl (C=O) groups excluding carboxylic acids is 1. The van der Waals surface area contributed by atoms with Gasteiger partial charge in [-0.1, -0.05) is 41.9 Å². The topological polar surface area (TPSA) is 86.7 Å².